The average Bonchev–Trinajstić information content (AvgIpc) is 2.89. The maximum atomic E-state index is 2.37. The van der Waals surface area contributed by atoms with Gasteiger partial charge in [0.25, 0.3) is 0 Å². The summed E-state index contributed by atoms with van der Waals surface area (Å²) in [7, 11) is -1.99. The van der Waals surface area contributed by atoms with Crippen molar-refractivity contribution in [1.29, 1.82) is 0 Å². The van der Waals surface area contributed by atoms with Crippen LogP contribution in [0.2, 0.25) is 0 Å². The zero-order chi connectivity index (χ0) is 22.5. The van der Waals surface area contributed by atoms with Crippen LogP contribution < -0.4 is 28.3 Å². The molecule has 0 aliphatic heterocycles. The predicted molar refractivity (Wildman–Crippen MR) is 145 cm³/mol. The molecule has 0 aliphatic carbocycles. The van der Waals surface area contributed by atoms with Gasteiger partial charge in [0.1, 0.15) is 23.2 Å². The van der Waals surface area contributed by atoms with Gasteiger partial charge in [-0.2, -0.15) is 0 Å². The standard InChI is InChI=1S/C32H28P.ClH/c1-26-21-23-28(24-22-26)31-19-11-12-20-32(31)33(29-15-7-3-8-16-29,30-17-9-4-10-18-30)25-27-13-5-2-6-14-27;/h2-24H,25H2,1H3;1H/q+1;/p-1. The van der Waals surface area contributed by atoms with E-state index >= 15 is 0 Å². The van der Waals surface area contributed by atoms with Crippen molar-refractivity contribution in [3.05, 3.63) is 151 Å². The molecule has 0 spiro atoms. The normalized spacial score (nSPS) is 11.0. The van der Waals surface area contributed by atoms with Crippen LogP contribution in [0.25, 0.3) is 11.1 Å². The van der Waals surface area contributed by atoms with Gasteiger partial charge in [-0.05, 0) is 48.4 Å². The first kappa shape index (κ1) is 24.0. The van der Waals surface area contributed by atoms with E-state index < -0.39 is 7.26 Å². The van der Waals surface area contributed by atoms with Crippen molar-refractivity contribution < 1.29 is 12.4 Å². The van der Waals surface area contributed by atoms with Gasteiger partial charge in [-0.25, -0.2) is 0 Å². The van der Waals surface area contributed by atoms with Crippen LogP contribution in [0.3, 0.4) is 0 Å². The van der Waals surface area contributed by atoms with Crippen molar-refractivity contribution in [3.63, 3.8) is 0 Å². The molecule has 34 heavy (non-hydrogen) atoms. The van der Waals surface area contributed by atoms with Gasteiger partial charge >= 0.3 is 0 Å². The number of hydrogen-bond acceptors (Lipinski definition) is 0. The van der Waals surface area contributed by atoms with Gasteiger partial charge in [-0.1, -0.05) is 115 Å². The van der Waals surface area contributed by atoms with E-state index in [9.17, 15) is 0 Å². The summed E-state index contributed by atoms with van der Waals surface area (Å²) in [5.41, 5.74) is 5.26. The number of hydrogen-bond donors (Lipinski definition) is 0. The Labute approximate surface area is 210 Å². The largest absolute Gasteiger partial charge is 1.00 e. The topological polar surface area (TPSA) is 0 Å². The quantitative estimate of drug-likeness (QED) is 0.321. The Kier molecular flexibility index (Phi) is 7.63. The third kappa shape index (κ3) is 4.71. The molecule has 0 fully saturated rings. The van der Waals surface area contributed by atoms with Crippen LogP contribution >= 0.6 is 7.26 Å². The Hall–Kier alpha value is -3.18. The summed E-state index contributed by atoms with van der Waals surface area (Å²) >= 11 is 0. The predicted octanol–water partition coefficient (Wildman–Crippen LogP) is 4.16. The molecule has 0 aliphatic rings. The first-order valence-corrected chi connectivity index (χ1v) is 13.4. The number of rotatable bonds is 6. The molecule has 0 atom stereocenters. The second kappa shape index (κ2) is 10.8. The zero-order valence-corrected chi connectivity index (χ0v) is 21.0. The van der Waals surface area contributed by atoms with E-state index in [1.54, 1.807) is 0 Å². The molecule has 0 bridgehead atoms. The second-order valence-corrected chi connectivity index (χ2v) is 12.0. The lowest BCUT2D eigenvalue weighted by Gasteiger charge is -2.29. The molecular formula is C32H28ClP. The maximum Gasteiger partial charge on any atom is 0.117 e. The number of halogens is 1. The Morgan fingerprint density at radius 1 is 0.500 bits per heavy atom. The van der Waals surface area contributed by atoms with Crippen LogP contribution in [0.15, 0.2) is 140 Å². The summed E-state index contributed by atoms with van der Waals surface area (Å²) in [6.07, 6.45) is 0.991. The monoisotopic (exact) mass is 478 g/mol. The van der Waals surface area contributed by atoms with Gasteiger partial charge in [0.15, 0.2) is 0 Å². The van der Waals surface area contributed by atoms with Crippen LogP contribution in [-0.4, -0.2) is 0 Å². The van der Waals surface area contributed by atoms with Gasteiger partial charge < -0.3 is 12.4 Å². The van der Waals surface area contributed by atoms with Crippen molar-refractivity contribution in [2.45, 2.75) is 13.1 Å². The first-order valence-electron chi connectivity index (χ1n) is 11.5. The van der Waals surface area contributed by atoms with E-state index in [0.29, 0.717) is 0 Å². The molecule has 0 aromatic heterocycles. The molecule has 0 amide bonds. The minimum absolute atomic E-state index is 0. The fourth-order valence-electron chi connectivity index (χ4n) is 4.70. The Morgan fingerprint density at radius 3 is 1.53 bits per heavy atom. The lowest BCUT2D eigenvalue weighted by atomic mass is 10.0. The van der Waals surface area contributed by atoms with Crippen LogP contribution in [-0.2, 0) is 6.16 Å². The molecule has 5 aromatic carbocycles. The van der Waals surface area contributed by atoms with Crippen molar-refractivity contribution in [1.82, 2.24) is 0 Å². The third-order valence-electron chi connectivity index (χ3n) is 6.33. The summed E-state index contributed by atoms with van der Waals surface area (Å²) < 4.78 is 0. The third-order valence-corrected chi connectivity index (χ3v) is 10.7. The number of aryl methyl sites for hydroxylation is 1. The Balaban J connectivity index is 0.00000274. The van der Waals surface area contributed by atoms with E-state index in [4.69, 9.17) is 0 Å². The van der Waals surface area contributed by atoms with E-state index in [-0.39, 0.29) is 12.4 Å². The Morgan fingerprint density at radius 2 is 0.971 bits per heavy atom. The molecule has 0 nitrogen and oxygen atoms in total. The summed E-state index contributed by atoms with van der Waals surface area (Å²) in [5, 5.41) is 4.27. The maximum absolute atomic E-state index is 2.37. The number of benzene rings is 5. The first-order chi connectivity index (χ1) is 16.3. The molecule has 0 saturated heterocycles. The molecule has 5 rings (SSSR count). The van der Waals surface area contributed by atoms with Crippen molar-refractivity contribution in [2.75, 3.05) is 0 Å². The van der Waals surface area contributed by atoms with Gasteiger partial charge in [-0.15, -0.1) is 0 Å². The van der Waals surface area contributed by atoms with Crippen molar-refractivity contribution in [2.24, 2.45) is 0 Å². The molecule has 0 radical (unpaired) electrons. The van der Waals surface area contributed by atoms with Gasteiger partial charge in [0.2, 0.25) is 0 Å². The lowest BCUT2D eigenvalue weighted by Crippen LogP contribution is -3.00. The minimum Gasteiger partial charge on any atom is -1.00 e. The van der Waals surface area contributed by atoms with E-state index in [1.165, 1.54) is 38.2 Å². The fourth-order valence-corrected chi connectivity index (χ4v) is 9.17. The highest BCUT2D eigenvalue weighted by atomic mass is 35.5. The minimum atomic E-state index is -1.99. The van der Waals surface area contributed by atoms with E-state index in [1.807, 2.05) is 0 Å². The van der Waals surface area contributed by atoms with Crippen molar-refractivity contribution in [3.8, 4) is 11.1 Å². The summed E-state index contributed by atoms with van der Waals surface area (Å²) in [5.74, 6) is 0. The summed E-state index contributed by atoms with van der Waals surface area (Å²) in [6.45, 7) is 2.15. The highest BCUT2D eigenvalue weighted by molar-refractivity contribution is 7.95. The van der Waals surface area contributed by atoms with Crippen molar-refractivity contribution >= 4 is 23.2 Å². The molecule has 0 unspecified atom stereocenters. The highest BCUT2D eigenvalue weighted by Gasteiger charge is 2.46. The van der Waals surface area contributed by atoms with Crippen LogP contribution in [0.1, 0.15) is 11.1 Å². The van der Waals surface area contributed by atoms with Crippen LogP contribution in [0.4, 0.5) is 0 Å². The molecule has 168 valence electrons. The van der Waals surface area contributed by atoms with Crippen LogP contribution in [0, 0.1) is 6.92 Å². The van der Waals surface area contributed by atoms with Gasteiger partial charge in [-0.3, -0.25) is 0 Å². The molecule has 2 heteroatoms. The Bertz CT molecular complexity index is 1270. The van der Waals surface area contributed by atoms with Crippen LogP contribution in [0.5, 0.6) is 0 Å². The summed E-state index contributed by atoms with van der Waals surface area (Å²) in [6, 6.07) is 51.3. The molecule has 5 aromatic rings. The lowest BCUT2D eigenvalue weighted by molar-refractivity contribution is -0.00000643. The average molecular weight is 479 g/mol. The molecule has 0 saturated carbocycles. The zero-order valence-electron chi connectivity index (χ0n) is 19.3. The molecular weight excluding hydrogens is 451 g/mol. The molecule has 0 heterocycles. The van der Waals surface area contributed by atoms with Gasteiger partial charge in [0.05, 0.1) is 6.16 Å². The fraction of sp³-hybridized carbons (Fsp3) is 0.0625. The van der Waals surface area contributed by atoms with Gasteiger partial charge in [0, 0.05) is 5.56 Å². The SMILES string of the molecule is Cc1ccc(-c2ccccc2[P+](Cc2ccccc2)(c2ccccc2)c2ccccc2)cc1.[Cl-]. The smallest absolute Gasteiger partial charge is 0.117 e. The molecule has 0 N–H and O–H groups in total. The van der Waals surface area contributed by atoms with E-state index in [0.717, 1.165) is 6.16 Å². The van der Waals surface area contributed by atoms with E-state index in [2.05, 4.69) is 146 Å². The second-order valence-electron chi connectivity index (χ2n) is 8.51. The summed E-state index contributed by atoms with van der Waals surface area (Å²) in [4.78, 5) is 0. The highest BCUT2D eigenvalue weighted by Crippen LogP contribution is 2.59.